The third-order valence-electron chi connectivity index (χ3n) is 2.28. The van der Waals surface area contributed by atoms with Gasteiger partial charge in [-0.3, -0.25) is 14.9 Å². The number of aromatic nitrogens is 4. The van der Waals surface area contributed by atoms with E-state index in [9.17, 15) is 18.0 Å². The summed E-state index contributed by atoms with van der Waals surface area (Å²) in [7, 11) is -4.06. The Labute approximate surface area is 106 Å². The van der Waals surface area contributed by atoms with Crippen LogP contribution in [-0.2, 0) is 16.6 Å². The first-order chi connectivity index (χ1) is 8.90. The van der Waals surface area contributed by atoms with Gasteiger partial charge in [-0.15, -0.1) is 0 Å². The summed E-state index contributed by atoms with van der Waals surface area (Å²) in [5.74, 6) is 0.220. The number of sulfonamides is 1. The molecule has 102 valence electrons. The van der Waals surface area contributed by atoms with E-state index >= 15 is 0 Å². The molecular weight excluding hydrogens is 276 g/mol. The molecular formula is C8H10N6O4S. The molecule has 0 aliphatic rings. The summed E-state index contributed by atoms with van der Waals surface area (Å²) in [5, 5.41) is 6.07. The first-order valence-electron chi connectivity index (χ1n) is 4.99. The lowest BCUT2D eigenvalue weighted by Crippen LogP contribution is -2.32. The van der Waals surface area contributed by atoms with Crippen molar-refractivity contribution in [3.8, 4) is 0 Å². The van der Waals surface area contributed by atoms with Gasteiger partial charge >= 0.3 is 5.69 Å². The lowest BCUT2D eigenvalue weighted by atomic mass is 10.3. The predicted molar refractivity (Wildman–Crippen MR) is 64.7 cm³/mol. The van der Waals surface area contributed by atoms with Crippen LogP contribution in [-0.4, -0.2) is 28.6 Å². The van der Waals surface area contributed by atoms with Crippen molar-refractivity contribution in [1.82, 2.24) is 24.9 Å². The van der Waals surface area contributed by atoms with E-state index in [1.54, 1.807) is 0 Å². The van der Waals surface area contributed by atoms with E-state index in [4.69, 9.17) is 5.73 Å². The highest BCUT2D eigenvalue weighted by molar-refractivity contribution is 7.89. The lowest BCUT2D eigenvalue weighted by Gasteiger charge is -2.04. The second-order valence-electron chi connectivity index (χ2n) is 3.57. The van der Waals surface area contributed by atoms with Gasteiger partial charge in [-0.1, -0.05) is 0 Å². The Morgan fingerprint density at radius 3 is 2.68 bits per heavy atom. The molecule has 0 aliphatic heterocycles. The van der Waals surface area contributed by atoms with E-state index in [1.807, 2.05) is 4.98 Å². The van der Waals surface area contributed by atoms with Gasteiger partial charge in [-0.25, -0.2) is 17.9 Å². The van der Waals surface area contributed by atoms with Gasteiger partial charge in [0.2, 0.25) is 10.0 Å². The lowest BCUT2D eigenvalue weighted by molar-refractivity contribution is 0.579. The Morgan fingerprint density at radius 1 is 1.37 bits per heavy atom. The standard InChI is InChI=1S/C8H10N6O4S/c9-6-4(1-11-14-6)2-12-19(17,18)5-3-10-8(16)13-7(5)15/h1,3,12H,2H2,(H3,9,11,14)(H2,10,13,15,16). The molecule has 0 aliphatic carbocycles. The van der Waals surface area contributed by atoms with Gasteiger partial charge in [0.25, 0.3) is 5.56 Å². The van der Waals surface area contributed by atoms with Crippen molar-refractivity contribution in [1.29, 1.82) is 0 Å². The van der Waals surface area contributed by atoms with Crippen molar-refractivity contribution < 1.29 is 8.42 Å². The van der Waals surface area contributed by atoms with Gasteiger partial charge in [0.15, 0.2) is 4.90 Å². The molecule has 6 N–H and O–H groups in total. The van der Waals surface area contributed by atoms with E-state index in [0.29, 0.717) is 5.56 Å². The molecule has 2 aromatic heterocycles. The highest BCUT2D eigenvalue weighted by Gasteiger charge is 2.19. The molecule has 0 saturated heterocycles. The number of anilines is 1. The molecule has 2 rings (SSSR count). The van der Waals surface area contributed by atoms with Crippen molar-refractivity contribution in [2.45, 2.75) is 11.4 Å². The zero-order valence-corrected chi connectivity index (χ0v) is 10.2. The highest BCUT2D eigenvalue weighted by atomic mass is 32.2. The van der Waals surface area contributed by atoms with Crippen molar-refractivity contribution in [3.63, 3.8) is 0 Å². The van der Waals surface area contributed by atoms with Crippen LogP contribution in [0.15, 0.2) is 26.9 Å². The van der Waals surface area contributed by atoms with Crippen LogP contribution >= 0.6 is 0 Å². The molecule has 0 spiro atoms. The monoisotopic (exact) mass is 286 g/mol. The fourth-order valence-corrected chi connectivity index (χ4v) is 2.32. The van der Waals surface area contributed by atoms with Crippen LogP contribution in [0.25, 0.3) is 0 Å². The molecule has 2 aromatic rings. The van der Waals surface area contributed by atoms with E-state index in [1.165, 1.54) is 6.20 Å². The summed E-state index contributed by atoms with van der Waals surface area (Å²) in [6.07, 6.45) is 2.18. The number of nitrogen functional groups attached to an aromatic ring is 1. The smallest absolute Gasteiger partial charge is 0.325 e. The molecule has 0 aromatic carbocycles. The van der Waals surface area contributed by atoms with Crippen molar-refractivity contribution >= 4 is 15.8 Å². The number of aromatic amines is 3. The van der Waals surface area contributed by atoms with Crippen molar-refractivity contribution in [3.05, 3.63) is 38.8 Å². The molecule has 0 atom stereocenters. The average Bonchev–Trinajstić information content (AvgIpc) is 2.72. The summed E-state index contributed by atoms with van der Waals surface area (Å²) < 4.78 is 25.9. The minimum Gasteiger partial charge on any atom is -0.384 e. The molecule has 0 saturated carbocycles. The normalized spacial score (nSPS) is 11.6. The second-order valence-corrected chi connectivity index (χ2v) is 5.31. The zero-order valence-electron chi connectivity index (χ0n) is 9.43. The zero-order chi connectivity index (χ0) is 14.0. The van der Waals surface area contributed by atoms with Crippen LogP contribution in [0.3, 0.4) is 0 Å². The van der Waals surface area contributed by atoms with Gasteiger partial charge in [-0.05, 0) is 0 Å². The Bertz CT molecular complexity index is 801. The van der Waals surface area contributed by atoms with Crippen molar-refractivity contribution in [2.75, 3.05) is 5.73 Å². The average molecular weight is 286 g/mol. The number of hydrogen-bond donors (Lipinski definition) is 5. The molecule has 10 nitrogen and oxygen atoms in total. The number of nitrogens with two attached hydrogens (primary N) is 1. The molecule has 0 radical (unpaired) electrons. The largest absolute Gasteiger partial charge is 0.384 e. The van der Waals surface area contributed by atoms with Crippen LogP contribution in [0.1, 0.15) is 5.56 Å². The van der Waals surface area contributed by atoms with Crippen LogP contribution < -0.4 is 21.7 Å². The molecule has 0 unspecified atom stereocenters. The van der Waals surface area contributed by atoms with Crippen LogP contribution in [0, 0.1) is 0 Å². The number of rotatable bonds is 4. The van der Waals surface area contributed by atoms with Gasteiger partial charge in [0.1, 0.15) is 5.82 Å². The first kappa shape index (κ1) is 13.0. The fourth-order valence-electron chi connectivity index (χ4n) is 1.31. The molecule has 0 fully saturated rings. The number of nitrogens with zero attached hydrogens (tertiary/aromatic N) is 1. The van der Waals surface area contributed by atoms with E-state index in [2.05, 4.69) is 19.9 Å². The maximum absolute atomic E-state index is 11.8. The second kappa shape index (κ2) is 4.70. The Morgan fingerprint density at radius 2 is 2.11 bits per heavy atom. The predicted octanol–water partition coefficient (Wildman–Crippen LogP) is -2.15. The van der Waals surface area contributed by atoms with Crippen LogP contribution in [0.2, 0.25) is 0 Å². The van der Waals surface area contributed by atoms with E-state index in [-0.39, 0.29) is 12.4 Å². The summed E-state index contributed by atoms with van der Waals surface area (Å²) >= 11 is 0. The first-order valence-corrected chi connectivity index (χ1v) is 6.48. The number of H-pyrrole nitrogens is 3. The van der Waals surface area contributed by atoms with Gasteiger partial charge in [0.05, 0.1) is 6.20 Å². The minimum absolute atomic E-state index is 0.136. The van der Waals surface area contributed by atoms with Crippen molar-refractivity contribution in [2.24, 2.45) is 0 Å². The number of nitrogens with one attached hydrogen (secondary N) is 4. The third-order valence-corrected chi connectivity index (χ3v) is 3.69. The Balaban J connectivity index is 2.26. The van der Waals surface area contributed by atoms with Gasteiger partial charge in [0, 0.05) is 18.3 Å². The van der Waals surface area contributed by atoms with Crippen LogP contribution in [0.5, 0.6) is 0 Å². The third kappa shape index (κ3) is 2.71. The highest BCUT2D eigenvalue weighted by Crippen LogP contribution is 2.07. The summed E-state index contributed by atoms with van der Waals surface area (Å²) in [6, 6.07) is 0. The van der Waals surface area contributed by atoms with Gasteiger partial charge < -0.3 is 10.7 Å². The minimum atomic E-state index is -4.06. The van der Waals surface area contributed by atoms with E-state index < -0.39 is 26.2 Å². The summed E-state index contributed by atoms with van der Waals surface area (Å²) in [4.78, 5) is 25.5. The van der Waals surface area contributed by atoms with Crippen LogP contribution in [0.4, 0.5) is 5.82 Å². The summed E-state index contributed by atoms with van der Waals surface area (Å²) in [6.45, 7) is -0.136. The van der Waals surface area contributed by atoms with Gasteiger partial charge in [-0.2, -0.15) is 5.10 Å². The summed E-state index contributed by atoms with van der Waals surface area (Å²) in [5.41, 5.74) is 4.13. The quantitative estimate of drug-likeness (QED) is 0.429. The molecule has 0 bridgehead atoms. The number of hydrogen-bond acceptors (Lipinski definition) is 6. The van der Waals surface area contributed by atoms with E-state index in [0.717, 1.165) is 6.20 Å². The Kier molecular flexibility index (Phi) is 3.23. The Hall–Kier alpha value is -2.40. The SMILES string of the molecule is Nc1[nH]ncc1CNS(=O)(=O)c1c[nH]c(=O)[nH]c1=O. The molecule has 0 amide bonds. The fraction of sp³-hybridized carbons (Fsp3) is 0.125. The maximum atomic E-state index is 11.8. The molecule has 19 heavy (non-hydrogen) atoms. The molecule has 11 heteroatoms. The maximum Gasteiger partial charge on any atom is 0.325 e. The molecule has 2 heterocycles. The topological polar surface area (TPSA) is 167 Å².